The number of hydrogen-bond donors (Lipinski definition) is 0. The van der Waals surface area contributed by atoms with Crippen molar-refractivity contribution in [3.63, 3.8) is 0 Å². The number of ether oxygens (including phenoxy) is 2. The van der Waals surface area contributed by atoms with E-state index in [1.54, 1.807) is 0 Å². The third kappa shape index (κ3) is 2.28. The first kappa shape index (κ1) is 10.6. The molecule has 0 aliphatic heterocycles. The highest BCUT2D eigenvalue weighted by Gasteiger charge is 2.07. The Bertz CT molecular complexity index is 305. The fraction of sp³-hybridized carbons (Fsp3) is 0.333. The van der Waals surface area contributed by atoms with E-state index in [0.29, 0.717) is 13.2 Å². The van der Waals surface area contributed by atoms with Crippen LogP contribution in [0.2, 0.25) is 0 Å². The SMILES string of the molecule is C=[C]c1cccc(OCC)c1OCC. The summed E-state index contributed by atoms with van der Waals surface area (Å²) in [6, 6.07) is 5.69. The molecule has 75 valence electrons. The average molecular weight is 191 g/mol. The molecule has 0 aliphatic carbocycles. The van der Waals surface area contributed by atoms with E-state index < -0.39 is 0 Å². The lowest BCUT2D eigenvalue weighted by molar-refractivity contribution is 0.287. The van der Waals surface area contributed by atoms with E-state index in [1.165, 1.54) is 0 Å². The van der Waals surface area contributed by atoms with Crippen LogP contribution in [0, 0.1) is 6.08 Å². The van der Waals surface area contributed by atoms with E-state index >= 15 is 0 Å². The van der Waals surface area contributed by atoms with Crippen LogP contribution in [0.3, 0.4) is 0 Å². The molecule has 2 nitrogen and oxygen atoms in total. The van der Waals surface area contributed by atoms with Crippen LogP contribution in [0.4, 0.5) is 0 Å². The molecule has 1 rings (SSSR count). The minimum Gasteiger partial charge on any atom is -0.490 e. The summed E-state index contributed by atoms with van der Waals surface area (Å²) in [6.07, 6.45) is 2.82. The van der Waals surface area contributed by atoms with E-state index in [1.807, 2.05) is 32.0 Å². The monoisotopic (exact) mass is 191 g/mol. The summed E-state index contributed by atoms with van der Waals surface area (Å²) in [5.74, 6) is 1.48. The van der Waals surface area contributed by atoms with Crippen molar-refractivity contribution in [1.29, 1.82) is 0 Å². The van der Waals surface area contributed by atoms with Crippen LogP contribution in [0.25, 0.3) is 0 Å². The predicted molar refractivity (Wildman–Crippen MR) is 56.8 cm³/mol. The molecular formula is C12H15O2. The van der Waals surface area contributed by atoms with Gasteiger partial charge in [-0.3, -0.25) is 0 Å². The molecule has 14 heavy (non-hydrogen) atoms. The Kier molecular flexibility index (Phi) is 4.05. The molecule has 0 N–H and O–H groups in total. The van der Waals surface area contributed by atoms with Crippen LogP contribution in [-0.4, -0.2) is 13.2 Å². The van der Waals surface area contributed by atoms with Crippen molar-refractivity contribution >= 4 is 0 Å². The van der Waals surface area contributed by atoms with Gasteiger partial charge >= 0.3 is 0 Å². The Morgan fingerprint density at radius 3 is 2.50 bits per heavy atom. The largest absolute Gasteiger partial charge is 0.490 e. The smallest absolute Gasteiger partial charge is 0.168 e. The van der Waals surface area contributed by atoms with Crippen LogP contribution in [0.15, 0.2) is 24.8 Å². The third-order valence-corrected chi connectivity index (χ3v) is 1.76. The molecule has 2 heteroatoms. The van der Waals surface area contributed by atoms with Crippen molar-refractivity contribution < 1.29 is 9.47 Å². The molecule has 0 amide bonds. The molecule has 1 aromatic carbocycles. The molecular weight excluding hydrogens is 176 g/mol. The first-order valence-corrected chi connectivity index (χ1v) is 4.75. The van der Waals surface area contributed by atoms with E-state index in [9.17, 15) is 0 Å². The standard InChI is InChI=1S/C12H15O2/c1-4-10-8-7-9-11(13-5-2)12(10)14-6-3/h7-9H,1,5-6H2,2-3H3. The van der Waals surface area contributed by atoms with Gasteiger partial charge in [-0.25, -0.2) is 0 Å². The second kappa shape index (κ2) is 5.32. The molecule has 0 spiro atoms. The molecule has 0 saturated heterocycles. The van der Waals surface area contributed by atoms with Crippen molar-refractivity contribution in [3.05, 3.63) is 36.4 Å². The van der Waals surface area contributed by atoms with Crippen molar-refractivity contribution in [3.8, 4) is 11.5 Å². The molecule has 0 atom stereocenters. The minimum atomic E-state index is 0.610. The average Bonchev–Trinajstić information content (AvgIpc) is 2.21. The Hall–Kier alpha value is -1.44. The summed E-state index contributed by atoms with van der Waals surface area (Å²) in [5.41, 5.74) is 0.845. The van der Waals surface area contributed by atoms with Crippen LogP contribution >= 0.6 is 0 Å². The second-order valence-electron chi connectivity index (χ2n) is 2.68. The van der Waals surface area contributed by atoms with E-state index in [0.717, 1.165) is 17.1 Å². The predicted octanol–water partition coefficient (Wildman–Crippen LogP) is 2.82. The first-order chi connectivity index (χ1) is 6.83. The van der Waals surface area contributed by atoms with E-state index in [2.05, 4.69) is 12.7 Å². The van der Waals surface area contributed by atoms with Gasteiger partial charge in [0.25, 0.3) is 0 Å². The van der Waals surface area contributed by atoms with Crippen LogP contribution in [0.5, 0.6) is 11.5 Å². The number of rotatable bonds is 5. The molecule has 0 heterocycles. The number of hydrogen-bond acceptors (Lipinski definition) is 2. The zero-order valence-corrected chi connectivity index (χ0v) is 8.67. The molecule has 0 aromatic heterocycles. The normalized spacial score (nSPS) is 9.57. The van der Waals surface area contributed by atoms with Gasteiger partial charge in [-0.15, -0.1) is 0 Å². The van der Waals surface area contributed by atoms with Gasteiger partial charge in [0.15, 0.2) is 11.5 Å². The number of para-hydroxylation sites is 1. The van der Waals surface area contributed by atoms with Crippen molar-refractivity contribution in [2.45, 2.75) is 13.8 Å². The molecule has 0 saturated carbocycles. The van der Waals surface area contributed by atoms with Crippen molar-refractivity contribution in [1.82, 2.24) is 0 Å². The first-order valence-electron chi connectivity index (χ1n) is 4.75. The summed E-state index contributed by atoms with van der Waals surface area (Å²) in [6.45, 7) is 8.73. The fourth-order valence-corrected chi connectivity index (χ4v) is 1.22. The number of benzene rings is 1. The molecule has 1 aromatic rings. The molecule has 1 radical (unpaired) electrons. The lowest BCUT2D eigenvalue weighted by Crippen LogP contribution is -2.00. The third-order valence-electron chi connectivity index (χ3n) is 1.76. The quantitative estimate of drug-likeness (QED) is 0.712. The molecule has 0 bridgehead atoms. The zero-order chi connectivity index (χ0) is 10.4. The minimum absolute atomic E-state index is 0.610. The van der Waals surface area contributed by atoms with Gasteiger partial charge in [0.05, 0.1) is 13.2 Å². The van der Waals surface area contributed by atoms with Gasteiger partial charge in [0, 0.05) is 5.56 Å². The Morgan fingerprint density at radius 1 is 1.21 bits per heavy atom. The van der Waals surface area contributed by atoms with Crippen LogP contribution in [0.1, 0.15) is 19.4 Å². The Morgan fingerprint density at radius 2 is 1.93 bits per heavy atom. The summed E-state index contributed by atoms with van der Waals surface area (Å²) in [5, 5.41) is 0. The van der Waals surface area contributed by atoms with Crippen molar-refractivity contribution in [2.75, 3.05) is 13.2 Å². The van der Waals surface area contributed by atoms with Crippen LogP contribution < -0.4 is 9.47 Å². The highest BCUT2D eigenvalue weighted by Crippen LogP contribution is 2.31. The molecule has 0 fully saturated rings. The van der Waals surface area contributed by atoms with E-state index in [-0.39, 0.29) is 0 Å². The van der Waals surface area contributed by atoms with E-state index in [4.69, 9.17) is 9.47 Å². The van der Waals surface area contributed by atoms with Crippen molar-refractivity contribution in [2.24, 2.45) is 0 Å². The summed E-state index contributed by atoms with van der Waals surface area (Å²) in [7, 11) is 0. The van der Waals surface area contributed by atoms with Gasteiger partial charge in [-0.2, -0.15) is 0 Å². The highest BCUT2D eigenvalue weighted by atomic mass is 16.5. The zero-order valence-electron chi connectivity index (χ0n) is 8.67. The fourth-order valence-electron chi connectivity index (χ4n) is 1.22. The Balaban J connectivity index is 3.06. The highest BCUT2D eigenvalue weighted by molar-refractivity contribution is 5.49. The molecule has 0 aliphatic rings. The second-order valence-corrected chi connectivity index (χ2v) is 2.68. The van der Waals surface area contributed by atoms with Gasteiger partial charge in [0.2, 0.25) is 0 Å². The molecule has 0 unspecified atom stereocenters. The maximum atomic E-state index is 5.48. The van der Waals surface area contributed by atoms with Gasteiger partial charge < -0.3 is 9.47 Å². The topological polar surface area (TPSA) is 18.5 Å². The lowest BCUT2D eigenvalue weighted by atomic mass is 10.2. The van der Waals surface area contributed by atoms with Crippen LogP contribution in [-0.2, 0) is 0 Å². The maximum absolute atomic E-state index is 5.48. The van der Waals surface area contributed by atoms with Gasteiger partial charge in [-0.1, -0.05) is 18.7 Å². The summed E-state index contributed by atoms with van der Waals surface area (Å²) in [4.78, 5) is 0. The Labute approximate surface area is 85.2 Å². The summed E-state index contributed by atoms with van der Waals surface area (Å²) < 4.78 is 10.9. The van der Waals surface area contributed by atoms with Gasteiger partial charge in [-0.05, 0) is 26.0 Å². The van der Waals surface area contributed by atoms with Gasteiger partial charge in [0.1, 0.15) is 0 Å². The lowest BCUT2D eigenvalue weighted by Gasteiger charge is -2.12. The summed E-state index contributed by atoms with van der Waals surface area (Å²) >= 11 is 0. The maximum Gasteiger partial charge on any atom is 0.168 e.